The Morgan fingerprint density at radius 2 is 1.60 bits per heavy atom. The minimum atomic E-state index is -1.48. The first-order valence-corrected chi connectivity index (χ1v) is 16.9. The third kappa shape index (κ3) is 1.97. The molecule has 0 N–H and O–H groups in total. The van der Waals surface area contributed by atoms with Crippen LogP contribution in [0.25, 0.3) is 0 Å². The molecule has 1 rings (SSSR count). The lowest BCUT2D eigenvalue weighted by Gasteiger charge is -2.57. The van der Waals surface area contributed by atoms with E-state index < -0.39 is 22.5 Å². The van der Waals surface area contributed by atoms with Gasteiger partial charge in [-0.05, 0) is 26.1 Å². The lowest BCUT2D eigenvalue weighted by atomic mass is 10.1. The molecule has 1 saturated heterocycles. The van der Waals surface area contributed by atoms with Crippen LogP contribution in [-0.4, -0.2) is 28.1 Å². The van der Waals surface area contributed by atoms with Crippen LogP contribution in [0.15, 0.2) is 12.7 Å². The van der Waals surface area contributed by atoms with Gasteiger partial charge in [-0.25, -0.2) is 0 Å². The van der Waals surface area contributed by atoms with Gasteiger partial charge in [-0.2, -0.15) is 0 Å². The van der Waals surface area contributed by atoms with Gasteiger partial charge < -0.3 is 4.43 Å². The zero-order chi connectivity index (χ0) is 12.1. The van der Waals surface area contributed by atoms with Gasteiger partial charge >= 0.3 is 0 Å². The van der Waals surface area contributed by atoms with Crippen molar-refractivity contribution < 1.29 is 4.43 Å². The summed E-state index contributed by atoms with van der Waals surface area (Å²) in [5.74, 6) is 0. The van der Waals surface area contributed by atoms with Gasteiger partial charge in [-0.15, -0.1) is 6.58 Å². The van der Waals surface area contributed by atoms with Crippen LogP contribution >= 0.6 is 0 Å². The molecule has 0 amide bonds. The van der Waals surface area contributed by atoms with E-state index in [1.165, 1.54) is 6.04 Å². The summed E-state index contributed by atoms with van der Waals surface area (Å²) in [7, 11) is -3.73. The van der Waals surface area contributed by atoms with Crippen molar-refractivity contribution >= 4 is 22.5 Å². The SMILES string of the molecule is C=CC1(C)C[Si](C)(C)[Si](C)(C)[Si](C)(C)O1. The van der Waals surface area contributed by atoms with Crippen molar-refractivity contribution in [3.63, 3.8) is 0 Å². The van der Waals surface area contributed by atoms with Gasteiger partial charge in [0.15, 0.2) is 7.83 Å². The Morgan fingerprint density at radius 3 is 1.93 bits per heavy atom. The molecule has 0 aromatic rings. The minimum Gasteiger partial charge on any atom is -0.412 e. The fourth-order valence-electron chi connectivity index (χ4n) is 2.77. The molecule has 1 unspecified atom stereocenters. The fraction of sp³-hybridized carbons (Fsp3) is 0.818. The van der Waals surface area contributed by atoms with Gasteiger partial charge in [0, 0.05) is 7.59 Å². The largest absolute Gasteiger partial charge is 0.412 e. The van der Waals surface area contributed by atoms with Crippen LogP contribution in [0.2, 0.25) is 45.3 Å². The first-order valence-electron chi connectivity index (χ1n) is 5.81. The number of rotatable bonds is 1. The van der Waals surface area contributed by atoms with Gasteiger partial charge in [0.05, 0.1) is 12.7 Å². The van der Waals surface area contributed by atoms with Gasteiger partial charge in [-0.3, -0.25) is 0 Å². The summed E-state index contributed by atoms with van der Waals surface area (Å²) >= 11 is 0. The zero-order valence-electron chi connectivity index (χ0n) is 11.4. The Hall–Kier alpha value is 0.351. The Morgan fingerprint density at radius 1 is 1.13 bits per heavy atom. The van der Waals surface area contributed by atoms with Crippen molar-refractivity contribution in [3.05, 3.63) is 12.7 Å². The molecule has 1 fully saturated rings. The Bertz CT molecular complexity index is 262. The van der Waals surface area contributed by atoms with Crippen LogP contribution in [0, 0.1) is 0 Å². The van der Waals surface area contributed by atoms with Gasteiger partial charge in [0.2, 0.25) is 0 Å². The van der Waals surface area contributed by atoms with Crippen LogP contribution in [0.5, 0.6) is 0 Å². The molecule has 0 aromatic heterocycles. The van der Waals surface area contributed by atoms with Crippen molar-refractivity contribution in [2.24, 2.45) is 0 Å². The minimum absolute atomic E-state index is 0.0338. The summed E-state index contributed by atoms with van der Waals surface area (Å²) in [5.41, 5.74) is -0.0338. The maximum atomic E-state index is 6.48. The van der Waals surface area contributed by atoms with E-state index in [-0.39, 0.29) is 5.60 Å². The summed E-state index contributed by atoms with van der Waals surface area (Å²) in [6.45, 7) is 21.3. The van der Waals surface area contributed by atoms with Crippen molar-refractivity contribution in [2.75, 3.05) is 0 Å². The van der Waals surface area contributed by atoms with Crippen molar-refractivity contribution in [3.8, 4) is 0 Å². The van der Waals surface area contributed by atoms with E-state index in [0.717, 1.165) is 0 Å². The van der Waals surface area contributed by atoms with Gasteiger partial charge in [0.25, 0.3) is 0 Å². The molecule has 88 valence electrons. The van der Waals surface area contributed by atoms with Crippen molar-refractivity contribution in [2.45, 2.75) is 57.9 Å². The van der Waals surface area contributed by atoms with Crippen LogP contribution < -0.4 is 0 Å². The molecule has 1 heterocycles. The Balaban J connectivity index is 3.19. The van der Waals surface area contributed by atoms with E-state index in [1.54, 1.807) is 0 Å². The molecule has 4 heteroatoms. The molecular weight excluding hydrogens is 232 g/mol. The smallest absolute Gasteiger partial charge is 0.172 e. The third-order valence-corrected chi connectivity index (χ3v) is 45.4. The van der Waals surface area contributed by atoms with Crippen LogP contribution in [0.4, 0.5) is 0 Å². The lowest BCUT2D eigenvalue weighted by molar-refractivity contribution is 0.154. The summed E-state index contributed by atoms with van der Waals surface area (Å²) in [4.78, 5) is 0. The molecular formula is C11H26OSi3. The lowest BCUT2D eigenvalue weighted by Crippen LogP contribution is -2.77. The highest BCUT2D eigenvalue weighted by molar-refractivity contribution is 7.67. The Kier molecular flexibility index (Phi) is 3.06. The fourth-order valence-corrected chi connectivity index (χ4v) is 33.2. The molecule has 15 heavy (non-hydrogen) atoms. The predicted octanol–water partition coefficient (Wildman–Crippen LogP) is 3.74. The summed E-state index contributed by atoms with van der Waals surface area (Å²) in [6.07, 6.45) is 2.04. The molecule has 1 aliphatic rings. The monoisotopic (exact) mass is 258 g/mol. The molecule has 0 aromatic carbocycles. The zero-order valence-corrected chi connectivity index (χ0v) is 14.4. The molecule has 0 saturated carbocycles. The highest BCUT2D eigenvalue weighted by Crippen LogP contribution is 2.44. The first-order chi connectivity index (χ1) is 6.47. The topological polar surface area (TPSA) is 9.23 Å². The average molecular weight is 259 g/mol. The highest BCUT2D eigenvalue weighted by Gasteiger charge is 2.60. The summed E-state index contributed by atoms with van der Waals surface area (Å²) in [5, 5.41) is 0. The number of hydrogen-bond donors (Lipinski definition) is 0. The first kappa shape index (κ1) is 13.4. The average Bonchev–Trinajstić information content (AvgIpc) is 1.99. The molecule has 1 atom stereocenters. The molecule has 0 bridgehead atoms. The second-order valence-electron chi connectivity index (χ2n) is 6.81. The predicted molar refractivity (Wildman–Crippen MR) is 76.9 cm³/mol. The Labute approximate surface area is 97.7 Å². The maximum absolute atomic E-state index is 6.48. The third-order valence-electron chi connectivity index (χ3n) is 4.91. The van der Waals surface area contributed by atoms with Gasteiger partial charge in [-0.1, -0.05) is 32.3 Å². The number of hydrogen-bond acceptors (Lipinski definition) is 1. The normalized spacial score (nSPS) is 37.3. The highest BCUT2D eigenvalue weighted by atomic mass is 29.6. The molecule has 1 aliphatic heterocycles. The van der Waals surface area contributed by atoms with Gasteiger partial charge in [0.1, 0.15) is 0 Å². The molecule has 1 nitrogen and oxygen atoms in total. The second kappa shape index (κ2) is 3.42. The van der Waals surface area contributed by atoms with E-state index in [9.17, 15) is 0 Å². The standard InChI is InChI=1S/C11H26OSi3/c1-9-11(2)10-13(3,4)15(7,8)14(5,6)12-11/h9H,1,10H2,2-8H3. The van der Waals surface area contributed by atoms with E-state index in [1.807, 2.05) is 6.08 Å². The maximum Gasteiger partial charge on any atom is 0.172 e. The van der Waals surface area contributed by atoms with E-state index >= 15 is 0 Å². The van der Waals surface area contributed by atoms with E-state index in [4.69, 9.17) is 4.43 Å². The molecule has 0 spiro atoms. The van der Waals surface area contributed by atoms with Crippen LogP contribution in [-0.2, 0) is 4.43 Å². The van der Waals surface area contributed by atoms with Crippen LogP contribution in [0.3, 0.4) is 0 Å². The van der Waals surface area contributed by atoms with E-state index in [2.05, 4.69) is 52.8 Å². The molecule has 0 radical (unpaired) electrons. The summed E-state index contributed by atoms with van der Waals surface area (Å²) < 4.78 is 6.48. The molecule has 0 aliphatic carbocycles. The van der Waals surface area contributed by atoms with Crippen LogP contribution in [0.1, 0.15) is 6.92 Å². The quantitative estimate of drug-likeness (QED) is 0.514. The van der Waals surface area contributed by atoms with E-state index in [0.29, 0.717) is 0 Å². The second-order valence-corrected chi connectivity index (χ2v) is 34.1. The van der Waals surface area contributed by atoms with Crippen molar-refractivity contribution in [1.82, 2.24) is 0 Å². The van der Waals surface area contributed by atoms with Crippen molar-refractivity contribution in [1.29, 1.82) is 0 Å². The summed E-state index contributed by atoms with van der Waals surface area (Å²) in [6, 6.07) is 1.26.